The molecule has 0 aliphatic carbocycles. The molecule has 9 heteroatoms. The van der Waals surface area contributed by atoms with Gasteiger partial charge in [-0.3, -0.25) is 4.79 Å². The molecule has 1 aromatic carbocycles. The van der Waals surface area contributed by atoms with E-state index in [1.54, 1.807) is 0 Å². The lowest BCUT2D eigenvalue weighted by molar-refractivity contribution is -0.138. The summed E-state index contributed by atoms with van der Waals surface area (Å²) in [5.74, 6) is -1.01. The number of carbonyl (C=O) groups excluding carboxylic acids is 1. The SMILES string of the molecule is O=C(O)CCCNC(=O)Nc1ccc(Br)cc1C(F)(F)F. The smallest absolute Gasteiger partial charge is 0.418 e. The molecule has 0 aliphatic heterocycles. The number of urea groups is 1. The molecule has 0 saturated heterocycles. The van der Waals surface area contributed by atoms with Crippen LogP contribution in [0.3, 0.4) is 0 Å². The van der Waals surface area contributed by atoms with E-state index < -0.39 is 23.7 Å². The Hall–Kier alpha value is -1.77. The average Bonchev–Trinajstić information content (AvgIpc) is 2.35. The highest BCUT2D eigenvalue weighted by Gasteiger charge is 2.34. The second-order valence-corrected chi connectivity index (χ2v) is 4.98. The lowest BCUT2D eigenvalue weighted by atomic mass is 10.1. The minimum Gasteiger partial charge on any atom is -0.481 e. The van der Waals surface area contributed by atoms with Crippen molar-refractivity contribution in [2.45, 2.75) is 19.0 Å². The van der Waals surface area contributed by atoms with Crippen LogP contribution in [0.15, 0.2) is 22.7 Å². The zero-order chi connectivity index (χ0) is 16.0. The van der Waals surface area contributed by atoms with Crippen molar-refractivity contribution in [3.8, 4) is 0 Å². The van der Waals surface area contributed by atoms with Crippen LogP contribution in [0.1, 0.15) is 18.4 Å². The Kier molecular flexibility index (Phi) is 6.01. The number of rotatable bonds is 5. The Labute approximate surface area is 126 Å². The van der Waals surface area contributed by atoms with E-state index in [0.29, 0.717) is 0 Å². The lowest BCUT2D eigenvalue weighted by Gasteiger charge is -2.14. The molecule has 0 aromatic heterocycles. The predicted octanol–water partition coefficient (Wildman–Crippen LogP) is 3.45. The second-order valence-electron chi connectivity index (χ2n) is 4.07. The van der Waals surface area contributed by atoms with E-state index in [1.807, 2.05) is 0 Å². The van der Waals surface area contributed by atoms with Gasteiger partial charge < -0.3 is 15.7 Å². The van der Waals surface area contributed by atoms with Gasteiger partial charge in [0, 0.05) is 17.4 Å². The summed E-state index contributed by atoms with van der Waals surface area (Å²) in [5, 5.41) is 12.8. The normalized spacial score (nSPS) is 11.0. The van der Waals surface area contributed by atoms with Crippen LogP contribution in [-0.2, 0) is 11.0 Å². The summed E-state index contributed by atoms with van der Waals surface area (Å²) >= 11 is 2.94. The maximum Gasteiger partial charge on any atom is 0.418 e. The minimum absolute atomic E-state index is 0.0516. The molecule has 5 nitrogen and oxygen atoms in total. The first-order chi connectivity index (χ1) is 9.70. The molecule has 116 valence electrons. The maximum atomic E-state index is 12.8. The number of benzene rings is 1. The Balaban J connectivity index is 2.66. The van der Waals surface area contributed by atoms with E-state index in [4.69, 9.17) is 5.11 Å². The van der Waals surface area contributed by atoms with Crippen molar-refractivity contribution in [1.82, 2.24) is 5.32 Å². The van der Waals surface area contributed by atoms with Crippen LogP contribution in [0.2, 0.25) is 0 Å². The van der Waals surface area contributed by atoms with Crippen LogP contribution in [0.5, 0.6) is 0 Å². The number of alkyl halides is 3. The third-order valence-corrected chi connectivity index (χ3v) is 2.88. The van der Waals surface area contributed by atoms with E-state index in [2.05, 4.69) is 26.6 Å². The minimum atomic E-state index is -4.60. The Morgan fingerprint density at radius 3 is 2.52 bits per heavy atom. The van der Waals surface area contributed by atoms with Gasteiger partial charge in [-0.2, -0.15) is 13.2 Å². The van der Waals surface area contributed by atoms with Crippen LogP contribution in [-0.4, -0.2) is 23.7 Å². The summed E-state index contributed by atoms with van der Waals surface area (Å²) in [6.07, 6.45) is -4.54. The van der Waals surface area contributed by atoms with E-state index in [1.165, 1.54) is 6.07 Å². The van der Waals surface area contributed by atoms with Crippen molar-refractivity contribution in [2.75, 3.05) is 11.9 Å². The van der Waals surface area contributed by atoms with Gasteiger partial charge in [-0.1, -0.05) is 15.9 Å². The number of halogens is 4. The van der Waals surface area contributed by atoms with Crippen molar-refractivity contribution >= 4 is 33.6 Å². The number of hydrogen-bond acceptors (Lipinski definition) is 2. The molecule has 3 N–H and O–H groups in total. The van der Waals surface area contributed by atoms with Gasteiger partial charge in [-0.25, -0.2) is 4.79 Å². The van der Waals surface area contributed by atoms with Gasteiger partial charge >= 0.3 is 18.2 Å². The summed E-state index contributed by atoms with van der Waals surface area (Å²) in [7, 11) is 0. The fourth-order valence-electron chi connectivity index (χ4n) is 1.47. The number of hydrogen-bond donors (Lipinski definition) is 3. The van der Waals surface area contributed by atoms with Gasteiger partial charge in [0.05, 0.1) is 11.3 Å². The third-order valence-electron chi connectivity index (χ3n) is 2.39. The lowest BCUT2D eigenvalue weighted by Crippen LogP contribution is -2.30. The van der Waals surface area contributed by atoms with Crippen LogP contribution in [0.4, 0.5) is 23.7 Å². The van der Waals surface area contributed by atoms with Crippen molar-refractivity contribution in [2.24, 2.45) is 0 Å². The largest absolute Gasteiger partial charge is 0.481 e. The quantitative estimate of drug-likeness (QED) is 0.696. The molecule has 21 heavy (non-hydrogen) atoms. The number of amides is 2. The van der Waals surface area contributed by atoms with Gasteiger partial charge in [0.15, 0.2) is 0 Å². The van der Waals surface area contributed by atoms with Gasteiger partial charge in [-0.15, -0.1) is 0 Å². The van der Waals surface area contributed by atoms with E-state index in [-0.39, 0.29) is 29.5 Å². The second kappa shape index (κ2) is 7.30. The zero-order valence-electron chi connectivity index (χ0n) is 10.6. The number of carboxylic acid groups (broad SMARTS) is 1. The van der Waals surface area contributed by atoms with Crippen molar-refractivity contribution in [3.63, 3.8) is 0 Å². The molecule has 0 saturated carbocycles. The molecule has 0 bridgehead atoms. The first-order valence-corrected chi connectivity index (χ1v) is 6.63. The number of anilines is 1. The maximum absolute atomic E-state index is 12.8. The number of carboxylic acids is 1. The van der Waals surface area contributed by atoms with Crippen molar-refractivity contribution in [1.29, 1.82) is 0 Å². The molecule has 0 aliphatic rings. The summed E-state index contributed by atoms with van der Waals surface area (Å²) in [4.78, 5) is 21.7. The molecular weight excluding hydrogens is 357 g/mol. The predicted molar refractivity (Wildman–Crippen MR) is 73.0 cm³/mol. The van der Waals surface area contributed by atoms with Crippen molar-refractivity contribution in [3.05, 3.63) is 28.2 Å². The summed E-state index contributed by atoms with van der Waals surface area (Å²) in [6.45, 7) is 0.0516. The molecule has 0 atom stereocenters. The molecule has 0 radical (unpaired) electrons. The highest BCUT2D eigenvalue weighted by atomic mass is 79.9. The average molecular weight is 369 g/mol. The number of nitrogens with one attached hydrogen (secondary N) is 2. The first-order valence-electron chi connectivity index (χ1n) is 5.83. The van der Waals surface area contributed by atoms with Gasteiger partial charge in [0.25, 0.3) is 0 Å². The molecule has 1 rings (SSSR count). The van der Waals surface area contributed by atoms with Gasteiger partial charge in [-0.05, 0) is 24.6 Å². The van der Waals surface area contributed by atoms with Crippen molar-refractivity contribution < 1.29 is 27.9 Å². The number of aliphatic carboxylic acids is 1. The molecule has 0 heterocycles. The standard InChI is InChI=1S/C12H12BrF3N2O3/c13-7-3-4-9(8(6-7)12(14,15)16)18-11(21)17-5-1-2-10(19)20/h3-4,6H,1-2,5H2,(H,19,20)(H2,17,18,21). The zero-order valence-corrected chi connectivity index (χ0v) is 12.2. The van der Waals surface area contributed by atoms with E-state index in [0.717, 1.165) is 12.1 Å². The molecular formula is C12H12BrF3N2O3. The van der Waals surface area contributed by atoms with E-state index >= 15 is 0 Å². The number of carbonyl (C=O) groups is 2. The molecule has 0 fully saturated rings. The van der Waals surface area contributed by atoms with Crippen LogP contribution < -0.4 is 10.6 Å². The third kappa shape index (κ3) is 6.03. The fourth-order valence-corrected chi connectivity index (χ4v) is 1.83. The molecule has 0 spiro atoms. The van der Waals surface area contributed by atoms with Gasteiger partial charge in [0.1, 0.15) is 0 Å². The highest BCUT2D eigenvalue weighted by molar-refractivity contribution is 9.10. The highest BCUT2D eigenvalue weighted by Crippen LogP contribution is 2.36. The molecule has 0 unspecified atom stereocenters. The van der Waals surface area contributed by atoms with Gasteiger partial charge in [0.2, 0.25) is 0 Å². The van der Waals surface area contributed by atoms with Crippen LogP contribution >= 0.6 is 15.9 Å². The molecule has 1 aromatic rings. The van der Waals surface area contributed by atoms with Crippen LogP contribution in [0.25, 0.3) is 0 Å². The topological polar surface area (TPSA) is 78.4 Å². The fraction of sp³-hybridized carbons (Fsp3) is 0.333. The Bertz CT molecular complexity index is 535. The first kappa shape index (κ1) is 17.3. The Morgan fingerprint density at radius 1 is 1.29 bits per heavy atom. The molecule has 2 amide bonds. The Morgan fingerprint density at radius 2 is 1.95 bits per heavy atom. The summed E-state index contributed by atoms with van der Waals surface area (Å²) in [5.41, 5.74) is -1.35. The summed E-state index contributed by atoms with van der Waals surface area (Å²) < 4.78 is 38.7. The van der Waals surface area contributed by atoms with E-state index in [9.17, 15) is 22.8 Å². The summed E-state index contributed by atoms with van der Waals surface area (Å²) in [6, 6.07) is 2.53. The monoisotopic (exact) mass is 368 g/mol. The van der Waals surface area contributed by atoms with Crippen LogP contribution in [0, 0.1) is 0 Å².